The molecule has 0 fully saturated rings. The fraction of sp³-hybridized carbons (Fsp3) is 0.700. The second-order valence-electron chi connectivity index (χ2n) is 3.48. The van der Waals surface area contributed by atoms with Crippen molar-refractivity contribution in [1.29, 1.82) is 0 Å². The van der Waals surface area contributed by atoms with E-state index in [4.69, 9.17) is 5.11 Å². The molecule has 0 aliphatic carbocycles. The smallest absolute Gasteiger partial charge is 0.293 e. The third kappa shape index (κ3) is 3.03. The number of rotatable bonds is 6. The van der Waals surface area contributed by atoms with Gasteiger partial charge in [-0.2, -0.15) is 0 Å². The largest absolute Gasteiger partial charge is 0.395 e. The van der Waals surface area contributed by atoms with E-state index in [1.807, 2.05) is 13.8 Å². The van der Waals surface area contributed by atoms with Crippen molar-refractivity contribution in [2.45, 2.75) is 26.7 Å². The number of carbonyl (C=O) groups excluding carboxylic acids is 1. The van der Waals surface area contributed by atoms with Crippen LogP contribution in [-0.2, 0) is 6.42 Å². The molecule has 6 heteroatoms. The second kappa shape index (κ2) is 6.22. The molecule has 1 amide bonds. The maximum absolute atomic E-state index is 11.9. The highest BCUT2D eigenvalue weighted by Gasteiger charge is 2.18. The Labute approximate surface area is 94.7 Å². The molecule has 90 valence electrons. The Kier molecular flexibility index (Phi) is 4.91. The molecule has 0 saturated heterocycles. The van der Waals surface area contributed by atoms with E-state index in [0.717, 1.165) is 6.42 Å². The van der Waals surface area contributed by atoms with Crippen molar-refractivity contribution in [2.75, 3.05) is 19.7 Å². The summed E-state index contributed by atoms with van der Waals surface area (Å²) in [5.74, 6) is 0.648. The van der Waals surface area contributed by atoms with Crippen LogP contribution in [0.3, 0.4) is 0 Å². The van der Waals surface area contributed by atoms with Crippen LogP contribution in [0.25, 0.3) is 0 Å². The van der Waals surface area contributed by atoms with Gasteiger partial charge >= 0.3 is 0 Å². The minimum atomic E-state index is -0.230. The van der Waals surface area contributed by atoms with Crippen molar-refractivity contribution in [3.8, 4) is 0 Å². The number of aliphatic hydroxyl groups excluding tert-OH is 1. The number of carbonyl (C=O) groups is 1. The summed E-state index contributed by atoms with van der Waals surface area (Å²) in [5.41, 5.74) is 0. The van der Waals surface area contributed by atoms with Crippen molar-refractivity contribution >= 4 is 5.91 Å². The SMILES string of the molecule is CCCN(CCO)C(=O)c1n[nH]c(CC)n1. The Morgan fingerprint density at radius 3 is 2.69 bits per heavy atom. The predicted octanol–water partition coefficient (Wildman–Crippen LogP) is 0.212. The second-order valence-corrected chi connectivity index (χ2v) is 3.48. The lowest BCUT2D eigenvalue weighted by Crippen LogP contribution is -2.34. The summed E-state index contributed by atoms with van der Waals surface area (Å²) in [5, 5.41) is 15.4. The topological polar surface area (TPSA) is 82.1 Å². The molecule has 1 aromatic heterocycles. The molecule has 0 aliphatic rings. The first kappa shape index (κ1) is 12.6. The van der Waals surface area contributed by atoms with Crippen LogP contribution in [0.1, 0.15) is 36.7 Å². The number of amides is 1. The molecule has 0 atom stereocenters. The van der Waals surface area contributed by atoms with E-state index in [0.29, 0.717) is 25.3 Å². The summed E-state index contributed by atoms with van der Waals surface area (Å²) in [6.45, 7) is 4.80. The number of hydrogen-bond acceptors (Lipinski definition) is 4. The summed E-state index contributed by atoms with van der Waals surface area (Å²) in [6.07, 6.45) is 1.56. The number of aromatic nitrogens is 3. The number of hydrogen-bond donors (Lipinski definition) is 2. The summed E-state index contributed by atoms with van der Waals surface area (Å²) < 4.78 is 0. The molecule has 0 saturated carbocycles. The van der Waals surface area contributed by atoms with Crippen molar-refractivity contribution < 1.29 is 9.90 Å². The van der Waals surface area contributed by atoms with Crippen molar-refractivity contribution in [1.82, 2.24) is 20.1 Å². The van der Waals surface area contributed by atoms with Crippen LogP contribution >= 0.6 is 0 Å². The van der Waals surface area contributed by atoms with E-state index >= 15 is 0 Å². The summed E-state index contributed by atoms with van der Waals surface area (Å²) in [4.78, 5) is 17.6. The van der Waals surface area contributed by atoms with Gasteiger partial charge in [0.05, 0.1) is 6.61 Å². The van der Waals surface area contributed by atoms with Gasteiger partial charge in [0.25, 0.3) is 5.91 Å². The van der Waals surface area contributed by atoms with Gasteiger partial charge < -0.3 is 10.0 Å². The van der Waals surface area contributed by atoms with Gasteiger partial charge in [-0.25, -0.2) is 4.98 Å². The Morgan fingerprint density at radius 2 is 2.19 bits per heavy atom. The molecule has 0 spiro atoms. The van der Waals surface area contributed by atoms with Crippen molar-refractivity contribution in [2.24, 2.45) is 0 Å². The fourth-order valence-electron chi connectivity index (χ4n) is 1.40. The van der Waals surface area contributed by atoms with E-state index < -0.39 is 0 Å². The standard InChI is InChI=1S/C10H18N4O2/c1-3-5-14(6-7-15)10(16)9-11-8(4-2)12-13-9/h15H,3-7H2,1-2H3,(H,11,12,13). The molecule has 1 aromatic rings. The number of aliphatic hydroxyl groups is 1. The normalized spacial score (nSPS) is 10.4. The first-order chi connectivity index (χ1) is 7.72. The van der Waals surface area contributed by atoms with Gasteiger partial charge in [-0.3, -0.25) is 9.89 Å². The zero-order valence-corrected chi connectivity index (χ0v) is 9.73. The lowest BCUT2D eigenvalue weighted by atomic mass is 10.3. The molecule has 2 N–H and O–H groups in total. The first-order valence-electron chi connectivity index (χ1n) is 5.54. The van der Waals surface area contributed by atoms with Gasteiger partial charge in [-0.05, 0) is 6.42 Å². The first-order valence-corrected chi connectivity index (χ1v) is 5.54. The van der Waals surface area contributed by atoms with Crippen molar-refractivity contribution in [3.63, 3.8) is 0 Å². The highest BCUT2D eigenvalue weighted by atomic mass is 16.3. The van der Waals surface area contributed by atoms with Crippen LogP contribution in [0, 0.1) is 0 Å². The van der Waals surface area contributed by atoms with Gasteiger partial charge in [0.2, 0.25) is 5.82 Å². The molecular weight excluding hydrogens is 208 g/mol. The van der Waals surface area contributed by atoms with Gasteiger partial charge in [-0.1, -0.05) is 13.8 Å². The zero-order valence-electron chi connectivity index (χ0n) is 9.73. The molecule has 6 nitrogen and oxygen atoms in total. The highest BCUT2D eigenvalue weighted by molar-refractivity contribution is 5.90. The van der Waals surface area contributed by atoms with E-state index in [2.05, 4.69) is 15.2 Å². The quantitative estimate of drug-likeness (QED) is 0.726. The van der Waals surface area contributed by atoms with E-state index in [1.165, 1.54) is 0 Å². The molecule has 0 bridgehead atoms. The number of H-pyrrole nitrogens is 1. The maximum atomic E-state index is 11.9. The van der Waals surface area contributed by atoms with Crippen LogP contribution in [0.5, 0.6) is 0 Å². The lowest BCUT2D eigenvalue weighted by Gasteiger charge is -2.18. The van der Waals surface area contributed by atoms with Crippen LogP contribution in [0.2, 0.25) is 0 Å². The van der Waals surface area contributed by atoms with Gasteiger partial charge in [0.15, 0.2) is 0 Å². The summed E-state index contributed by atoms with van der Waals surface area (Å²) >= 11 is 0. The number of aryl methyl sites for hydroxylation is 1. The molecule has 1 rings (SSSR count). The number of nitrogens with one attached hydrogen (secondary N) is 1. The molecule has 0 aromatic carbocycles. The summed E-state index contributed by atoms with van der Waals surface area (Å²) in [7, 11) is 0. The van der Waals surface area contributed by atoms with Crippen LogP contribution in [-0.4, -0.2) is 50.8 Å². The monoisotopic (exact) mass is 226 g/mol. The van der Waals surface area contributed by atoms with Crippen LogP contribution in [0.15, 0.2) is 0 Å². The summed E-state index contributed by atoms with van der Waals surface area (Å²) in [6, 6.07) is 0. The average molecular weight is 226 g/mol. The fourth-order valence-corrected chi connectivity index (χ4v) is 1.40. The Balaban J connectivity index is 2.72. The molecule has 0 unspecified atom stereocenters. The molecule has 1 heterocycles. The van der Waals surface area contributed by atoms with Gasteiger partial charge in [-0.15, -0.1) is 5.10 Å². The van der Waals surface area contributed by atoms with Gasteiger partial charge in [0, 0.05) is 19.5 Å². The van der Waals surface area contributed by atoms with E-state index in [9.17, 15) is 4.79 Å². The van der Waals surface area contributed by atoms with E-state index in [-0.39, 0.29) is 18.3 Å². The van der Waals surface area contributed by atoms with Crippen LogP contribution in [0.4, 0.5) is 0 Å². The average Bonchev–Trinajstić information content (AvgIpc) is 2.76. The molecule has 16 heavy (non-hydrogen) atoms. The lowest BCUT2D eigenvalue weighted by molar-refractivity contribution is 0.0710. The predicted molar refractivity (Wildman–Crippen MR) is 59.0 cm³/mol. The van der Waals surface area contributed by atoms with Gasteiger partial charge in [0.1, 0.15) is 5.82 Å². The third-order valence-electron chi connectivity index (χ3n) is 2.21. The maximum Gasteiger partial charge on any atom is 0.293 e. The molecular formula is C10H18N4O2. The number of aromatic amines is 1. The molecule has 0 aliphatic heterocycles. The minimum Gasteiger partial charge on any atom is -0.395 e. The Bertz CT molecular complexity index is 331. The van der Waals surface area contributed by atoms with Crippen molar-refractivity contribution in [3.05, 3.63) is 11.6 Å². The Hall–Kier alpha value is -1.43. The third-order valence-corrected chi connectivity index (χ3v) is 2.21. The Morgan fingerprint density at radius 1 is 1.44 bits per heavy atom. The van der Waals surface area contributed by atoms with E-state index in [1.54, 1.807) is 4.90 Å². The molecule has 0 radical (unpaired) electrons. The minimum absolute atomic E-state index is 0.0448. The van der Waals surface area contributed by atoms with Crippen LogP contribution < -0.4 is 0 Å². The number of nitrogens with zero attached hydrogens (tertiary/aromatic N) is 3. The zero-order chi connectivity index (χ0) is 12.0. The highest BCUT2D eigenvalue weighted by Crippen LogP contribution is 2.01.